The molecule has 5 nitrogen and oxygen atoms in total. The smallest absolute Gasteiger partial charge is 0.307 e. The Kier molecular flexibility index (Phi) is 3.04. The van der Waals surface area contributed by atoms with E-state index in [9.17, 15) is 9.18 Å². The Balaban J connectivity index is 1.75. The maximum Gasteiger partial charge on any atom is 0.307 e. The lowest BCUT2D eigenvalue weighted by atomic mass is 10.1. The molecule has 1 aromatic carbocycles. The number of rotatable bonds is 4. The van der Waals surface area contributed by atoms with Crippen molar-refractivity contribution in [2.45, 2.75) is 26.2 Å². The minimum atomic E-state index is -0.844. The first-order valence-electron chi connectivity index (χ1n) is 6.69. The summed E-state index contributed by atoms with van der Waals surface area (Å²) in [5.74, 6) is -1.03. The molecule has 2 atom stereocenters. The monoisotopic (exact) mass is 290 g/mol. The molecule has 21 heavy (non-hydrogen) atoms. The number of carboxylic acids is 1. The van der Waals surface area contributed by atoms with Gasteiger partial charge in [-0.1, -0.05) is 31.1 Å². The van der Waals surface area contributed by atoms with Crippen LogP contribution in [0.4, 0.5) is 4.39 Å². The molecule has 1 heterocycles. The number of aliphatic carboxylic acids is 1. The molecule has 3 rings (SSSR count). The fourth-order valence-electron chi connectivity index (χ4n) is 2.81. The molecule has 0 aliphatic heterocycles. The minimum Gasteiger partial charge on any atom is -0.481 e. The number of halogens is 1. The Hall–Kier alpha value is -2.24. The summed E-state index contributed by atoms with van der Waals surface area (Å²) in [6.07, 6.45) is 0.425. The Bertz CT molecular complexity index is 678. The molecule has 2 unspecified atom stereocenters. The summed E-state index contributed by atoms with van der Waals surface area (Å²) in [6, 6.07) is 6.07. The molecule has 1 fully saturated rings. The van der Waals surface area contributed by atoms with Gasteiger partial charge in [0, 0.05) is 6.42 Å². The van der Waals surface area contributed by atoms with Gasteiger partial charge in [0.1, 0.15) is 5.82 Å². The molecule has 0 amide bonds. The van der Waals surface area contributed by atoms with E-state index in [1.54, 1.807) is 12.1 Å². The van der Waals surface area contributed by atoms with E-state index in [0.29, 0.717) is 18.1 Å². The van der Waals surface area contributed by atoms with Gasteiger partial charge < -0.3 is 9.63 Å². The van der Waals surface area contributed by atoms with Crippen LogP contribution in [0.15, 0.2) is 28.8 Å². The molecule has 0 radical (unpaired) electrons. The summed E-state index contributed by atoms with van der Waals surface area (Å²) in [5, 5.41) is 13.0. The Labute approximate surface area is 120 Å². The number of carboxylic acid groups (broad SMARTS) is 1. The van der Waals surface area contributed by atoms with E-state index in [2.05, 4.69) is 10.1 Å². The van der Waals surface area contributed by atoms with E-state index < -0.39 is 11.9 Å². The second kappa shape index (κ2) is 4.65. The van der Waals surface area contributed by atoms with E-state index in [0.717, 1.165) is 5.56 Å². The molecule has 0 bridgehead atoms. The summed E-state index contributed by atoms with van der Waals surface area (Å²) in [4.78, 5) is 15.4. The third kappa shape index (κ3) is 2.41. The van der Waals surface area contributed by atoms with Crippen LogP contribution in [0, 0.1) is 17.2 Å². The van der Waals surface area contributed by atoms with Crippen molar-refractivity contribution in [2.24, 2.45) is 11.3 Å². The van der Waals surface area contributed by atoms with Gasteiger partial charge in [0.15, 0.2) is 5.82 Å². The highest BCUT2D eigenvalue weighted by Gasteiger charge is 2.65. The maximum atomic E-state index is 12.8. The van der Waals surface area contributed by atoms with Gasteiger partial charge in [-0.05, 0) is 23.1 Å². The second-order valence-corrected chi connectivity index (χ2v) is 5.97. The van der Waals surface area contributed by atoms with Crippen molar-refractivity contribution in [3.8, 4) is 0 Å². The van der Waals surface area contributed by atoms with Crippen LogP contribution in [-0.4, -0.2) is 21.2 Å². The number of hydrogen-bond donors (Lipinski definition) is 1. The van der Waals surface area contributed by atoms with Gasteiger partial charge in [-0.15, -0.1) is 0 Å². The van der Waals surface area contributed by atoms with Crippen LogP contribution >= 0.6 is 0 Å². The molecule has 1 aliphatic rings. The van der Waals surface area contributed by atoms with Gasteiger partial charge in [-0.3, -0.25) is 4.79 Å². The zero-order chi connectivity index (χ0) is 15.2. The number of benzene rings is 1. The molecule has 6 heteroatoms. The quantitative estimate of drug-likeness (QED) is 0.936. The highest BCUT2D eigenvalue weighted by Crippen LogP contribution is 2.63. The van der Waals surface area contributed by atoms with Gasteiger partial charge in [-0.2, -0.15) is 4.98 Å². The Morgan fingerprint density at radius 3 is 2.62 bits per heavy atom. The van der Waals surface area contributed by atoms with Gasteiger partial charge >= 0.3 is 5.97 Å². The van der Waals surface area contributed by atoms with Crippen LogP contribution in [0.5, 0.6) is 0 Å². The summed E-state index contributed by atoms with van der Waals surface area (Å²) < 4.78 is 18.0. The first-order chi connectivity index (χ1) is 9.89. The van der Waals surface area contributed by atoms with Crippen molar-refractivity contribution >= 4 is 5.97 Å². The average molecular weight is 290 g/mol. The van der Waals surface area contributed by atoms with Gasteiger partial charge in [0.05, 0.1) is 11.8 Å². The highest BCUT2D eigenvalue weighted by atomic mass is 19.1. The van der Waals surface area contributed by atoms with E-state index in [1.165, 1.54) is 12.1 Å². The van der Waals surface area contributed by atoms with E-state index in [-0.39, 0.29) is 17.2 Å². The predicted octanol–water partition coefficient (Wildman–Crippen LogP) is 2.62. The van der Waals surface area contributed by atoms with Crippen LogP contribution in [0.25, 0.3) is 0 Å². The summed E-state index contributed by atoms with van der Waals surface area (Å²) >= 11 is 0. The number of hydrogen-bond acceptors (Lipinski definition) is 4. The van der Waals surface area contributed by atoms with Gasteiger partial charge in [0.25, 0.3) is 0 Å². The van der Waals surface area contributed by atoms with Crippen molar-refractivity contribution in [1.29, 1.82) is 0 Å². The SMILES string of the molecule is CC1(C)C(C(=O)O)C1c1nc(Cc2ccc(F)cc2)no1. The maximum absolute atomic E-state index is 12.8. The third-order valence-corrected chi connectivity index (χ3v) is 4.12. The normalized spacial score (nSPS) is 23.0. The van der Waals surface area contributed by atoms with Crippen LogP contribution in [0.3, 0.4) is 0 Å². The largest absolute Gasteiger partial charge is 0.481 e. The molecule has 110 valence electrons. The summed E-state index contributed by atoms with van der Waals surface area (Å²) in [6.45, 7) is 3.75. The standard InChI is InChI=1S/C15H15FN2O3/c1-15(2)11(12(15)14(19)20)13-17-10(18-21-13)7-8-3-5-9(16)6-4-8/h3-6,11-12H,7H2,1-2H3,(H,19,20). The average Bonchev–Trinajstić information content (AvgIpc) is 2.78. The number of aromatic nitrogens is 2. The molecule has 1 aromatic heterocycles. The fraction of sp³-hybridized carbons (Fsp3) is 0.400. The number of carbonyl (C=O) groups is 1. The summed E-state index contributed by atoms with van der Waals surface area (Å²) in [7, 11) is 0. The molecule has 1 N–H and O–H groups in total. The molecule has 0 saturated heterocycles. The van der Waals surface area contributed by atoms with Crippen molar-refractivity contribution in [3.63, 3.8) is 0 Å². The molecule has 0 spiro atoms. The van der Waals surface area contributed by atoms with E-state index in [4.69, 9.17) is 9.63 Å². The van der Waals surface area contributed by atoms with Crippen molar-refractivity contribution in [3.05, 3.63) is 47.4 Å². The van der Waals surface area contributed by atoms with Crippen LogP contribution in [-0.2, 0) is 11.2 Å². The van der Waals surface area contributed by atoms with Crippen molar-refractivity contribution < 1.29 is 18.8 Å². The molecular weight excluding hydrogens is 275 g/mol. The predicted molar refractivity (Wildman–Crippen MR) is 71.2 cm³/mol. The zero-order valence-electron chi connectivity index (χ0n) is 11.7. The fourth-order valence-corrected chi connectivity index (χ4v) is 2.81. The Morgan fingerprint density at radius 1 is 1.38 bits per heavy atom. The van der Waals surface area contributed by atoms with Crippen LogP contribution < -0.4 is 0 Å². The van der Waals surface area contributed by atoms with Gasteiger partial charge in [-0.25, -0.2) is 4.39 Å². The number of nitrogens with zero attached hydrogens (tertiary/aromatic N) is 2. The minimum absolute atomic E-state index is 0.246. The molecule has 1 aliphatic carbocycles. The van der Waals surface area contributed by atoms with Gasteiger partial charge in [0.2, 0.25) is 5.89 Å². The zero-order valence-corrected chi connectivity index (χ0v) is 11.7. The topological polar surface area (TPSA) is 76.2 Å². The van der Waals surface area contributed by atoms with E-state index in [1.807, 2.05) is 13.8 Å². The van der Waals surface area contributed by atoms with Crippen molar-refractivity contribution in [1.82, 2.24) is 10.1 Å². The first kappa shape index (κ1) is 13.7. The second-order valence-electron chi connectivity index (χ2n) is 5.97. The highest BCUT2D eigenvalue weighted by molar-refractivity contribution is 5.77. The molecule has 2 aromatic rings. The van der Waals surface area contributed by atoms with Crippen LogP contribution in [0.1, 0.15) is 37.0 Å². The lowest BCUT2D eigenvalue weighted by Crippen LogP contribution is -2.03. The first-order valence-corrected chi connectivity index (χ1v) is 6.69. The lowest BCUT2D eigenvalue weighted by Gasteiger charge is -1.96. The van der Waals surface area contributed by atoms with Crippen molar-refractivity contribution in [2.75, 3.05) is 0 Å². The van der Waals surface area contributed by atoms with E-state index >= 15 is 0 Å². The summed E-state index contributed by atoms with van der Waals surface area (Å²) in [5.41, 5.74) is 0.500. The molecule has 1 saturated carbocycles. The Morgan fingerprint density at radius 2 is 2.05 bits per heavy atom. The lowest BCUT2D eigenvalue weighted by molar-refractivity contribution is -0.139. The third-order valence-electron chi connectivity index (χ3n) is 4.12. The van der Waals surface area contributed by atoms with Crippen LogP contribution in [0.2, 0.25) is 0 Å². The molecular formula is C15H15FN2O3.